The van der Waals surface area contributed by atoms with Crippen molar-refractivity contribution in [2.75, 3.05) is 0 Å². The van der Waals surface area contributed by atoms with Crippen molar-refractivity contribution >= 4 is 33.6 Å². The van der Waals surface area contributed by atoms with E-state index in [1.165, 1.54) is 22.5 Å². The highest BCUT2D eigenvalue weighted by atomic mass is 15.0. The number of hydrogen-bond donors (Lipinski definition) is 1. The maximum atomic E-state index is 7.51. The van der Waals surface area contributed by atoms with E-state index in [9.17, 15) is 0 Å². The highest BCUT2D eigenvalue weighted by molar-refractivity contribution is 6.10. The molecule has 55 heavy (non-hydrogen) atoms. The lowest BCUT2D eigenvalue weighted by atomic mass is 10.0. The van der Waals surface area contributed by atoms with E-state index in [-0.39, 0.29) is 0 Å². The van der Waals surface area contributed by atoms with Crippen LogP contribution < -0.4 is 0 Å². The molecule has 0 saturated carbocycles. The minimum Gasteiger partial charge on any atom is -0.309 e. The van der Waals surface area contributed by atoms with Gasteiger partial charge in [-0.2, -0.15) is 0 Å². The van der Waals surface area contributed by atoms with Gasteiger partial charge in [-0.3, -0.25) is 4.98 Å². The van der Waals surface area contributed by atoms with Crippen molar-refractivity contribution in [2.24, 2.45) is 0 Å². The molecule has 0 aliphatic carbocycles. The van der Waals surface area contributed by atoms with E-state index >= 15 is 0 Å². The fraction of sp³-hybridized carbons (Fsp3) is 0. The topological polar surface area (TPSA) is 80.3 Å². The van der Waals surface area contributed by atoms with Crippen LogP contribution in [0, 0.1) is 5.41 Å². The van der Waals surface area contributed by atoms with Crippen molar-refractivity contribution in [3.05, 3.63) is 194 Å². The molecule has 0 amide bonds. The van der Waals surface area contributed by atoms with Crippen molar-refractivity contribution in [3.8, 4) is 62.1 Å². The number of hydrogen-bond acceptors (Lipinski definition) is 5. The summed E-state index contributed by atoms with van der Waals surface area (Å²) in [5.74, 6) is 1.75. The Hall–Kier alpha value is -7.57. The summed E-state index contributed by atoms with van der Waals surface area (Å²) in [4.78, 5) is 19.1. The largest absolute Gasteiger partial charge is 0.309 e. The Balaban J connectivity index is 1.11. The highest BCUT2D eigenvalue weighted by Gasteiger charge is 2.15. The van der Waals surface area contributed by atoms with Crippen LogP contribution in [-0.2, 0) is 0 Å². The summed E-state index contributed by atoms with van der Waals surface area (Å²) in [7, 11) is 0. The molecular weight excluding hydrogens is 673 g/mol. The van der Waals surface area contributed by atoms with Gasteiger partial charge in [0.05, 0.1) is 11.0 Å². The summed E-state index contributed by atoms with van der Waals surface area (Å²) in [6.45, 7) is 3.91. The van der Waals surface area contributed by atoms with Crippen molar-refractivity contribution < 1.29 is 0 Å². The monoisotopic (exact) mass is 706 g/mol. The summed E-state index contributed by atoms with van der Waals surface area (Å²) < 4.78 is 2.34. The Bertz CT molecular complexity index is 2860. The molecule has 0 unspecified atom stereocenters. The van der Waals surface area contributed by atoms with Crippen LogP contribution in [0.4, 0.5) is 0 Å². The molecule has 0 bridgehead atoms. The first-order chi connectivity index (χ1) is 27.2. The van der Waals surface area contributed by atoms with Crippen LogP contribution in [-0.4, -0.2) is 30.7 Å². The van der Waals surface area contributed by atoms with Crippen molar-refractivity contribution in [1.29, 1.82) is 5.41 Å². The van der Waals surface area contributed by atoms with Gasteiger partial charge >= 0.3 is 0 Å². The fourth-order valence-electron chi connectivity index (χ4n) is 7.12. The Morgan fingerprint density at radius 3 is 1.58 bits per heavy atom. The lowest BCUT2D eigenvalue weighted by Gasteiger charge is -2.11. The third-order valence-electron chi connectivity index (χ3n) is 9.92. The molecule has 0 saturated heterocycles. The Morgan fingerprint density at radius 2 is 0.982 bits per heavy atom. The maximum absolute atomic E-state index is 7.51. The van der Waals surface area contributed by atoms with Gasteiger partial charge in [0.25, 0.3) is 0 Å². The second-order valence-corrected chi connectivity index (χ2v) is 13.2. The normalized spacial score (nSPS) is 11.5. The Labute approximate surface area is 319 Å². The molecule has 0 fully saturated rings. The third kappa shape index (κ3) is 6.43. The Morgan fingerprint density at radius 1 is 0.491 bits per heavy atom. The molecule has 0 aliphatic rings. The lowest BCUT2D eigenvalue weighted by Crippen LogP contribution is -2.00. The van der Waals surface area contributed by atoms with Gasteiger partial charge in [-0.1, -0.05) is 134 Å². The minimum atomic E-state index is 0.573. The SMILES string of the molecule is C=C/C(=C\C=N)c1ccc(-c2nc(-c3ccc(-c4ccncc4)cc3)nc(-c3ccc(-c4ccc5c6ccccc6n(-c6ccccc6)c5c4)cc3)n2)cc1. The van der Waals surface area contributed by atoms with Gasteiger partial charge in [0, 0.05) is 51.8 Å². The molecule has 3 aromatic heterocycles. The van der Waals surface area contributed by atoms with Crippen LogP contribution in [0.5, 0.6) is 0 Å². The van der Waals surface area contributed by atoms with Crippen LogP contribution in [0.2, 0.25) is 0 Å². The van der Waals surface area contributed by atoms with E-state index in [1.807, 2.05) is 48.5 Å². The molecule has 3 heterocycles. The van der Waals surface area contributed by atoms with Crippen LogP contribution in [0.3, 0.4) is 0 Å². The number of nitrogens with zero attached hydrogens (tertiary/aromatic N) is 5. The zero-order valence-electron chi connectivity index (χ0n) is 29.8. The zero-order valence-corrected chi connectivity index (χ0v) is 29.8. The average Bonchev–Trinajstić information content (AvgIpc) is 3.60. The predicted octanol–water partition coefficient (Wildman–Crippen LogP) is 11.9. The first kappa shape index (κ1) is 33.3. The smallest absolute Gasteiger partial charge is 0.164 e. The van der Waals surface area contributed by atoms with Crippen LogP contribution in [0.15, 0.2) is 189 Å². The minimum absolute atomic E-state index is 0.573. The second kappa shape index (κ2) is 14.5. The van der Waals surface area contributed by atoms with Gasteiger partial charge in [0.2, 0.25) is 0 Å². The van der Waals surface area contributed by atoms with E-state index in [2.05, 4.69) is 125 Å². The van der Waals surface area contributed by atoms with Gasteiger partial charge in [0.15, 0.2) is 17.5 Å². The molecule has 0 atom stereocenters. The molecular formula is C49H34N6. The molecule has 1 N–H and O–H groups in total. The van der Waals surface area contributed by atoms with Crippen molar-refractivity contribution in [2.45, 2.75) is 0 Å². The van der Waals surface area contributed by atoms with E-state index in [4.69, 9.17) is 20.4 Å². The van der Waals surface area contributed by atoms with E-state index in [0.717, 1.165) is 61.3 Å². The molecule has 0 spiro atoms. The van der Waals surface area contributed by atoms with E-state index < -0.39 is 0 Å². The quantitative estimate of drug-likeness (QED) is 0.120. The zero-order chi connectivity index (χ0) is 37.1. The van der Waals surface area contributed by atoms with Gasteiger partial charge in [0.1, 0.15) is 0 Å². The molecule has 6 nitrogen and oxygen atoms in total. The standard InChI is InChI=1S/C49H34N6/c1-2-33(26-29-50)34-12-18-38(19-13-34)47-52-48(39-20-14-35(15-21-39)37-27-30-51-31-28-37)54-49(53-47)40-22-16-36(17-23-40)41-24-25-44-43-10-6-7-11-45(43)55(46(44)32-41)42-8-4-3-5-9-42/h2-32,50H,1H2/b33-26+,50-29?. The predicted molar refractivity (Wildman–Crippen MR) is 226 cm³/mol. The summed E-state index contributed by atoms with van der Waals surface area (Å²) in [6.07, 6.45) is 8.34. The van der Waals surface area contributed by atoms with E-state index in [1.54, 1.807) is 24.5 Å². The van der Waals surface area contributed by atoms with Gasteiger partial charge in [-0.25, -0.2) is 15.0 Å². The first-order valence-electron chi connectivity index (χ1n) is 18.1. The lowest BCUT2D eigenvalue weighted by molar-refractivity contribution is 1.07. The number of nitrogens with one attached hydrogen (secondary N) is 1. The molecule has 9 rings (SSSR count). The number of aromatic nitrogens is 5. The number of para-hydroxylation sites is 2. The van der Waals surface area contributed by atoms with Gasteiger partial charge in [-0.05, 0) is 75.9 Å². The van der Waals surface area contributed by atoms with E-state index in [0.29, 0.717) is 17.5 Å². The second-order valence-electron chi connectivity index (χ2n) is 13.2. The molecule has 6 aromatic carbocycles. The Kier molecular flexibility index (Phi) is 8.74. The average molecular weight is 707 g/mol. The number of pyridine rings is 1. The number of allylic oxidation sites excluding steroid dienone is 3. The maximum Gasteiger partial charge on any atom is 0.164 e. The molecule has 260 valence electrons. The highest BCUT2D eigenvalue weighted by Crippen LogP contribution is 2.35. The molecule has 0 aliphatic heterocycles. The molecule has 9 aromatic rings. The summed E-state index contributed by atoms with van der Waals surface area (Å²) in [5.41, 5.74) is 12.4. The summed E-state index contributed by atoms with van der Waals surface area (Å²) in [6, 6.07) is 54.5. The van der Waals surface area contributed by atoms with Crippen LogP contribution in [0.1, 0.15) is 5.56 Å². The third-order valence-corrected chi connectivity index (χ3v) is 9.92. The number of benzene rings is 6. The van der Waals surface area contributed by atoms with Crippen LogP contribution >= 0.6 is 0 Å². The molecule has 6 heteroatoms. The summed E-state index contributed by atoms with van der Waals surface area (Å²) >= 11 is 0. The van der Waals surface area contributed by atoms with Crippen LogP contribution in [0.25, 0.3) is 89.5 Å². The number of rotatable bonds is 9. The van der Waals surface area contributed by atoms with Gasteiger partial charge in [-0.15, -0.1) is 0 Å². The van der Waals surface area contributed by atoms with Crippen molar-refractivity contribution in [3.63, 3.8) is 0 Å². The fourth-order valence-corrected chi connectivity index (χ4v) is 7.12. The first-order valence-corrected chi connectivity index (χ1v) is 18.1. The number of fused-ring (bicyclic) bond motifs is 3. The van der Waals surface area contributed by atoms with Gasteiger partial charge < -0.3 is 9.98 Å². The molecule has 0 radical (unpaired) electrons. The summed E-state index contributed by atoms with van der Waals surface area (Å²) in [5, 5.41) is 9.96. The van der Waals surface area contributed by atoms with Crippen molar-refractivity contribution in [1.82, 2.24) is 24.5 Å².